The molecule has 32 heavy (non-hydrogen) atoms. The van der Waals surface area contributed by atoms with Gasteiger partial charge in [-0.15, -0.1) is 0 Å². The van der Waals surface area contributed by atoms with Gasteiger partial charge in [-0.05, 0) is 42.7 Å². The molecule has 0 nitrogen and oxygen atoms in total. The van der Waals surface area contributed by atoms with Crippen LogP contribution in [-0.4, -0.2) is 0 Å². The van der Waals surface area contributed by atoms with Gasteiger partial charge in [-0.2, -0.15) is 0 Å². The summed E-state index contributed by atoms with van der Waals surface area (Å²) < 4.78 is 0. The Morgan fingerprint density at radius 1 is 0.469 bits per heavy atom. The number of rotatable bonds is 22. The lowest BCUT2D eigenvalue weighted by Gasteiger charge is -2.37. The lowest BCUT2D eigenvalue weighted by Crippen LogP contribution is -2.27. The second-order valence-electron chi connectivity index (χ2n) is 10.6. The van der Waals surface area contributed by atoms with Gasteiger partial charge in [0.15, 0.2) is 0 Å². The van der Waals surface area contributed by atoms with E-state index in [0.29, 0.717) is 5.41 Å². The average molecular weight is 443 g/mol. The zero-order valence-corrected chi connectivity index (χ0v) is 22.7. The fraction of sp³-hybridized carbons (Fsp3) is 0.812. The van der Waals surface area contributed by atoms with E-state index in [1.165, 1.54) is 140 Å². The van der Waals surface area contributed by atoms with Crippen molar-refractivity contribution in [3.63, 3.8) is 0 Å². The lowest BCUT2D eigenvalue weighted by molar-refractivity contribution is 0.298. The zero-order valence-electron chi connectivity index (χ0n) is 22.7. The second-order valence-corrected chi connectivity index (χ2v) is 10.6. The quantitative estimate of drug-likeness (QED) is 0.157. The Labute approximate surface area is 203 Å². The minimum absolute atomic E-state index is 0.422. The van der Waals surface area contributed by atoms with Crippen LogP contribution >= 0.6 is 0 Å². The Hall–Kier alpha value is -0.780. The van der Waals surface area contributed by atoms with Crippen LogP contribution in [0.2, 0.25) is 0 Å². The van der Waals surface area contributed by atoms with Crippen molar-refractivity contribution in [2.24, 2.45) is 0 Å². The van der Waals surface area contributed by atoms with Crippen LogP contribution in [0.4, 0.5) is 0 Å². The predicted molar refractivity (Wildman–Crippen MR) is 147 cm³/mol. The van der Waals surface area contributed by atoms with Gasteiger partial charge >= 0.3 is 0 Å². The maximum atomic E-state index is 2.49. The first kappa shape index (κ1) is 29.3. The van der Waals surface area contributed by atoms with Crippen LogP contribution in [0.25, 0.3) is 0 Å². The van der Waals surface area contributed by atoms with Crippen molar-refractivity contribution < 1.29 is 0 Å². The first-order chi connectivity index (χ1) is 15.7. The summed E-state index contributed by atoms with van der Waals surface area (Å²) in [4.78, 5) is 0. The van der Waals surface area contributed by atoms with Crippen LogP contribution in [0.1, 0.15) is 167 Å². The monoisotopic (exact) mass is 442 g/mol. The molecular formula is C32H58. The van der Waals surface area contributed by atoms with Crippen molar-refractivity contribution in [2.75, 3.05) is 0 Å². The molecule has 0 atom stereocenters. The van der Waals surface area contributed by atoms with E-state index in [2.05, 4.69) is 52.0 Å². The molecule has 0 radical (unpaired) electrons. The highest BCUT2D eigenvalue weighted by atomic mass is 14.4. The van der Waals surface area contributed by atoms with Gasteiger partial charge in [-0.3, -0.25) is 0 Å². The number of hydrogen-bond donors (Lipinski definition) is 0. The molecule has 0 unspecified atom stereocenters. The summed E-state index contributed by atoms with van der Waals surface area (Å²) in [5, 5.41) is 0. The van der Waals surface area contributed by atoms with Crippen molar-refractivity contribution in [1.82, 2.24) is 0 Å². The zero-order chi connectivity index (χ0) is 23.3. The fourth-order valence-corrected chi connectivity index (χ4v) is 5.68. The topological polar surface area (TPSA) is 0 Å². The Bertz CT molecular complexity index is 488. The third-order valence-corrected chi connectivity index (χ3v) is 7.74. The maximum absolute atomic E-state index is 2.49. The van der Waals surface area contributed by atoms with Crippen LogP contribution in [-0.2, 0) is 5.41 Å². The molecule has 0 aliphatic heterocycles. The number of aryl methyl sites for hydroxylation is 1. The molecule has 0 amide bonds. The summed E-state index contributed by atoms with van der Waals surface area (Å²) in [7, 11) is 0. The van der Waals surface area contributed by atoms with Crippen molar-refractivity contribution in [1.29, 1.82) is 0 Å². The molecule has 0 saturated carbocycles. The van der Waals surface area contributed by atoms with Crippen molar-refractivity contribution in [3.8, 4) is 0 Å². The molecule has 0 heteroatoms. The molecule has 0 aliphatic rings. The highest BCUT2D eigenvalue weighted by Crippen LogP contribution is 2.42. The SMILES string of the molecule is CCCCCCCCC(CCCCCCCC)(CCCCCCCC)c1ccccc1C. The summed E-state index contributed by atoms with van der Waals surface area (Å²) >= 11 is 0. The normalized spacial score (nSPS) is 11.9. The summed E-state index contributed by atoms with van der Waals surface area (Å²) in [6, 6.07) is 9.40. The van der Waals surface area contributed by atoms with E-state index in [1.807, 2.05) is 0 Å². The number of benzene rings is 1. The molecule has 1 aromatic rings. The van der Waals surface area contributed by atoms with E-state index in [4.69, 9.17) is 0 Å². The van der Waals surface area contributed by atoms with Gasteiger partial charge < -0.3 is 0 Å². The predicted octanol–water partition coefficient (Wildman–Crippen LogP) is 11.5. The highest BCUT2D eigenvalue weighted by Gasteiger charge is 2.31. The third-order valence-electron chi connectivity index (χ3n) is 7.74. The van der Waals surface area contributed by atoms with Gasteiger partial charge in [0, 0.05) is 0 Å². The summed E-state index contributed by atoms with van der Waals surface area (Å²) in [6.45, 7) is 9.34. The summed E-state index contributed by atoms with van der Waals surface area (Å²) in [5.74, 6) is 0. The van der Waals surface area contributed by atoms with Crippen LogP contribution in [0.5, 0.6) is 0 Å². The van der Waals surface area contributed by atoms with Crippen molar-refractivity contribution in [2.45, 2.75) is 168 Å². The Morgan fingerprint density at radius 3 is 1.19 bits per heavy atom. The molecule has 1 rings (SSSR count). The van der Waals surface area contributed by atoms with Crippen LogP contribution < -0.4 is 0 Å². The van der Waals surface area contributed by atoms with Crippen LogP contribution in [0.3, 0.4) is 0 Å². The van der Waals surface area contributed by atoms with Gasteiger partial charge in [0.25, 0.3) is 0 Å². The average Bonchev–Trinajstić information content (AvgIpc) is 2.80. The Kier molecular flexibility index (Phi) is 18.0. The van der Waals surface area contributed by atoms with Gasteiger partial charge in [0.05, 0.1) is 0 Å². The fourth-order valence-electron chi connectivity index (χ4n) is 5.68. The second kappa shape index (κ2) is 19.7. The molecule has 0 saturated heterocycles. The van der Waals surface area contributed by atoms with Crippen LogP contribution in [0, 0.1) is 6.92 Å². The summed E-state index contributed by atoms with van der Waals surface area (Å²) in [5.41, 5.74) is 3.65. The minimum atomic E-state index is 0.422. The van der Waals surface area contributed by atoms with E-state index in [9.17, 15) is 0 Å². The highest BCUT2D eigenvalue weighted by molar-refractivity contribution is 5.33. The van der Waals surface area contributed by atoms with Crippen LogP contribution in [0.15, 0.2) is 24.3 Å². The molecule has 0 heterocycles. The number of unbranched alkanes of at least 4 members (excludes halogenated alkanes) is 15. The Balaban J connectivity index is 2.82. The molecule has 0 N–H and O–H groups in total. The van der Waals surface area contributed by atoms with E-state index < -0.39 is 0 Å². The van der Waals surface area contributed by atoms with Gasteiger partial charge in [-0.25, -0.2) is 0 Å². The molecule has 0 fully saturated rings. The molecule has 0 aliphatic carbocycles. The van der Waals surface area contributed by atoms with E-state index in [1.54, 1.807) is 5.56 Å². The first-order valence-corrected chi connectivity index (χ1v) is 14.8. The molecule has 186 valence electrons. The van der Waals surface area contributed by atoms with E-state index in [-0.39, 0.29) is 0 Å². The molecular weight excluding hydrogens is 384 g/mol. The number of hydrogen-bond acceptors (Lipinski definition) is 0. The molecule has 0 aromatic heterocycles. The molecule has 0 bridgehead atoms. The van der Waals surface area contributed by atoms with E-state index in [0.717, 1.165) is 0 Å². The molecule has 0 spiro atoms. The van der Waals surface area contributed by atoms with Gasteiger partial charge in [-0.1, -0.05) is 161 Å². The smallest absolute Gasteiger partial charge is 0.00443 e. The van der Waals surface area contributed by atoms with Gasteiger partial charge in [0.1, 0.15) is 0 Å². The van der Waals surface area contributed by atoms with Gasteiger partial charge in [0.2, 0.25) is 0 Å². The molecule has 1 aromatic carbocycles. The lowest BCUT2D eigenvalue weighted by atomic mass is 9.68. The minimum Gasteiger partial charge on any atom is -0.0654 e. The van der Waals surface area contributed by atoms with E-state index >= 15 is 0 Å². The maximum Gasteiger partial charge on any atom is -0.00443 e. The van der Waals surface area contributed by atoms with Crippen molar-refractivity contribution >= 4 is 0 Å². The van der Waals surface area contributed by atoms with Crippen molar-refractivity contribution in [3.05, 3.63) is 35.4 Å². The largest absolute Gasteiger partial charge is 0.0654 e. The standard InChI is InChI=1S/C32H58/c1-5-8-11-14-17-22-27-32(28-23-18-15-12-9-6-2,29-24-19-16-13-10-7-3)31-26-21-20-25-30(31)4/h20-21,25-26H,5-19,22-24,27-29H2,1-4H3. The first-order valence-electron chi connectivity index (χ1n) is 14.8. The Morgan fingerprint density at radius 2 is 0.812 bits per heavy atom. The third kappa shape index (κ3) is 12.5. The summed E-state index contributed by atoms with van der Waals surface area (Å²) in [6.07, 6.45) is 29.7.